The molecule has 5 nitrogen and oxygen atoms in total. The molecule has 0 atom stereocenters. The Labute approximate surface area is 94.4 Å². The molecule has 1 aromatic carbocycles. The van der Waals surface area contributed by atoms with E-state index in [4.69, 9.17) is 16.6 Å². The minimum absolute atomic E-state index is 0.396. The molecule has 0 aromatic heterocycles. The van der Waals surface area contributed by atoms with Crippen LogP contribution in [0.2, 0.25) is 0 Å². The molecule has 88 valence electrons. The standard InChI is InChI=1S/C11H17N3O2/c12-6-9-3-8(1-2-14-11(15)16)4-10(5-9)7-13/h3-5,14H,1-2,6-7,12-13H2,(H,15,16). The van der Waals surface area contributed by atoms with Gasteiger partial charge in [-0.1, -0.05) is 18.2 Å². The van der Waals surface area contributed by atoms with Crippen LogP contribution in [-0.2, 0) is 19.5 Å². The van der Waals surface area contributed by atoms with Crippen LogP contribution in [0.4, 0.5) is 4.79 Å². The van der Waals surface area contributed by atoms with Gasteiger partial charge in [-0.05, 0) is 23.1 Å². The maximum Gasteiger partial charge on any atom is 0.404 e. The lowest BCUT2D eigenvalue weighted by Gasteiger charge is -2.07. The first-order valence-corrected chi connectivity index (χ1v) is 5.14. The van der Waals surface area contributed by atoms with Gasteiger partial charge < -0.3 is 21.9 Å². The highest BCUT2D eigenvalue weighted by atomic mass is 16.4. The molecule has 1 rings (SSSR count). The first-order valence-electron chi connectivity index (χ1n) is 5.14. The number of rotatable bonds is 5. The molecule has 0 aliphatic rings. The lowest BCUT2D eigenvalue weighted by atomic mass is 10.0. The number of benzene rings is 1. The van der Waals surface area contributed by atoms with E-state index in [1.54, 1.807) is 0 Å². The molecule has 1 amide bonds. The van der Waals surface area contributed by atoms with Crippen LogP contribution in [0, 0.1) is 0 Å². The summed E-state index contributed by atoms with van der Waals surface area (Å²) in [5, 5.41) is 10.8. The molecule has 0 aliphatic carbocycles. The highest BCUT2D eigenvalue weighted by molar-refractivity contribution is 5.64. The van der Waals surface area contributed by atoms with E-state index >= 15 is 0 Å². The van der Waals surface area contributed by atoms with Crippen LogP contribution in [0.5, 0.6) is 0 Å². The number of hydrogen-bond acceptors (Lipinski definition) is 3. The summed E-state index contributed by atoms with van der Waals surface area (Å²) in [6.07, 6.45) is -0.360. The Morgan fingerprint density at radius 1 is 1.12 bits per heavy atom. The molecule has 1 aromatic rings. The molecule has 0 bridgehead atoms. The van der Waals surface area contributed by atoms with Crippen LogP contribution in [-0.4, -0.2) is 17.7 Å². The number of nitrogens with two attached hydrogens (primary N) is 2. The quantitative estimate of drug-likeness (QED) is 0.580. The number of hydrogen-bond donors (Lipinski definition) is 4. The summed E-state index contributed by atoms with van der Waals surface area (Å²) in [6.45, 7) is 1.33. The van der Waals surface area contributed by atoms with Gasteiger partial charge in [-0.2, -0.15) is 0 Å². The summed E-state index contributed by atoms with van der Waals surface area (Å²) in [5.74, 6) is 0. The van der Waals surface area contributed by atoms with Gasteiger partial charge in [-0.15, -0.1) is 0 Å². The summed E-state index contributed by atoms with van der Waals surface area (Å²) in [4.78, 5) is 10.3. The second-order valence-electron chi connectivity index (χ2n) is 3.55. The number of carboxylic acid groups (broad SMARTS) is 1. The maximum absolute atomic E-state index is 10.3. The molecular formula is C11H17N3O2. The van der Waals surface area contributed by atoms with Gasteiger partial charge in [0.2, 0.25) is 0 Å². The van der Waals surface area contributed by atoms with Crippen LogP contribution in [0.3, 0.4) is 0 Å². The fourth-order valence-electron chi connectivity index (χ4n) is 1.53. The maximum atomic E-state index is 10.3. The summed E-state index contributed by atoms with van der Waals surface area (Å²) in [7, 11) is 0. The molecule has 5 heteroatoms. The van der Waals surface area contributed by atoms with Crippen molar-refractivity contribution in [3.63, 3.8) is 0 Å². The Hall–Kier alpha value is -1.59. The number of nitrogens with one attached hydrogen (secondary N) is 1. The van der Waals surface area contributed by atoms with E-state index < -0.39 is 6.09 Å². The van der Waals surface area contributed by atoms with E-state index in [9.17, 15) is 4.79 Å². The third-order valence-corrected chi connectivity index (χ3v) is 2.27. The molecule has 0 radical (unpaired) electrons. The van der Waals surface area contributed by atoms with Crippen molar-refractivity contribution in [2.45, 2.75) is 19.5 Å². The van der Waals surface area contributed by atoms with Crippen molar-refractivity contribution in [1.29, 1.82) is 0 Å². The van der Waals surface area contributed by atoms with E-state index in [1.807, 2.05) is 18.2 Å². The van der Waals surface area contributed by atoms with Crippen LogP contribution < -0.4 is 16.8 Å². The van der Waals surface area contributed by atoms with Crippen molar-refractivity contribution < 1.29 is 9.90 Å². The molecule has 0 saturated heterocycles. The highest BCUT2D eigenvalue weighted by Gasteiger charge is 2.00. The van der Waals surface area contributed by atoms with Gasteiger partial charge >= 0.3 is 6.09 Å². The van der Waals surface area contributed by atoms with Gasteiger partial charge in [-0.25, -0.2) is 4.79 Å². The lowest BCUT2D eigenvalue weighted by molar-refractivity contribution is 0.194. The summed E-state index contributed by atoms with van der Waals surface area (Å²) in [5.41, 5.74) is 14.2. The predicted octanol–water partition coefficient (Wildman–Crippen LogP) is 0.414. The monoisotopic (exact) mass is 223 g/mol. The van der Waals surface area contributed by atoms with E-state index in [2.05, 4.69) is 5.32 Å². The van der Waals surface area contributed by atoms with Crippen LogP contribution in [0.25, 0.3) is 0 Å². The first kappa shape index (κ1) is 12.5. The lowest BCUT2D eigenvalue weighted by Crippen LogP contribution is -2.23. The van der Waals surface area contributed by atoms with Crippen LogP contribution in [0.1, 0.15) is 16.7 Å². The van der Waals surface area contributed by atoms with Crippen LogP contribution in [0.15, 0.2) is 18.2 Å². The zero-order valence-corrected chi connectivity index (χ0v) is 9.07. The number of amides is 1. The van der Waals surface area contributed by atoms with Gasteiger partial charge in [0, 0.05) is 19.6 Å². The summed E-state index contributed by atoms with van der Waals surface area (Å²) in [6, 6.07) is 5.92. The smallest absolute Gasteiger partial charge is 0.404 e. The van der Waals surface area contributed by atoms with Crippen molar-refractivity contribution in [2.75, 3.05) is 6.54 Å². The van der Waals surface area contributed by atoms with Gasteiger partial charge in [-0.3, -0.25) is 0 Å². The first-order chi connectivity index (χ1) is 7.65. The van der Waals surface area contributed by atoms with Gasteiger partial charge in [0.05, 0.1) is 0 Å². The third-order valence-electron chi connectivity index (χ3n) is 2.27. The highest BCUT2D eigenvalue weighted by Crippen LogP contribution is 2.10. The van der Waals surface area contributed by atoms with E-state index in [0.29, 0.717) is 26.1 Å². The second-order valence-corrected chi connectivity index (χ2v) is 3.55. The molecule has 6 N–H and O–H groups in total. The molecule has 0 fully saturated rings. The normalized spacial score (nSPS) is 10.1. The Balaban J connectivity index is 2.67. The van der Waals surface area contributed by atoms with Gasteiger partial charge in [0.1, 0.15) is 0 Å². The topological polar surface area (TPSA) is 101 Å². The molecule has 0 spiro atoms. The zero-order chi connectivity index (χ0) is 12.0. The SMILES string of the molecule is NCc1cc(CN)cc(CCNC(=O)O)c1. The van der Waals surface area contributed by atoms with Gasteiger partial charge in [0.25, 0.3) is 0 Å². The second kappa shape index (κ2) is 6.09. The number of carbonyl (C=O) groups is 1. The molecule has 16 heavy (non-hydrogen) atoms. The zero-order valence-electron chi connectivity index (χ0n) is 9.07. The summed E-state index contributed by atoms with van der Waals surface area (Å²) >= 11 is 0. The molecule has 0 heterocycles. The van der Waals surface area contributed by atoms with Crippen molar-refractivity contribution in [3.05, 3.63) is 34.9 Å². The van der Waals surface area contributed by atoms with Crippen molar-refractivity contribution in [1.82, 2.24) is 5.32 Å². The average molecular weight is 223 g/mol. The minimum Gasteiger partial charge on any atom is -0.465 e. The van der Waals surface area contributed by atoms with Crippen molar-refractivity contribution in [3.8, 4) is 0 Å². The third kappa shape index (κ3) is 3.88. The van der Waals surface area contributed by atoms with E-state index in [-0.39, 0.29) is 0 Å². The summed E-state index contributed by atoms with van der Waals surface area (Å²) < 4.78 is 0. The fraction of sp³-hybridized carbons (Fsp3) is 0.364. The Morgan fingerprint density at radius 2 is 1.62 bits per heavy atom. The molecular weight excluding hydrogens is 206 g/mol. The largest absolute Gasteiger partial charge is 0.465 e. The Kier molecular flexibility index (Phi) is 4.75. The van der Waals surface area contributed by atoms with Crippen LogP contribution >= 0.6 is 0 Å². The minimum atomic E-state index is -1.01. The van der Waals surface area contributed by atoms with Gasteiger partial charge in [0.15, 0.2) is 0 Å². The molecule has 0 saturated carbocycles. The molecule has 0 unspecified atom stereocenters. The van der Waals surface area contributed by atoms with E-state index in [1.165, 1.54) is 0 Å². The van der Waals surface area contributed by atoms with E-state index in [0.717, 1.165) is 16.7 Å². The average Bonchev–Trinajstić information content (AvgIpc) is 2.28. The Bertz CT molecular complexity index is 344. The Morgan fingerprint density at radius 3 is 2.06 bits per heavy atom. The van der Waals surface area contributed by atoms with Crippen molar-refractivity contribution in [2.24, 2.45) is 11.5 Å². The fourth-order valence-corrected chi connectivity index (χ4v) is 1.53. The molecule has 0 aliphatic heterocycles. The van der Waals surface area contributed by atoms with Crippen molar-refractivity contribution >= 4 is 6.09 Å². The predicted molar refractivity (Wildman–Crippen MR) is 62.0 cm³/mol.